The smallest absolute Gasteiger partial charge is 0.237 e. The fraction of sp³-hybridized carbons (Fsp3) is 0.600. The van der Waals surface area contributed by atoms with Gasteiger partial charge in [0.15, 0.2) is 5.78 Å². The minimum absolute atomic E-state index is 0.0259. The van der Waals surface area contributed by atoms with Gasteiger partial charge in [0.25, 0.3) is 0 Å². The van der Waals surface area contributed by atoms with E-state index in [2.05, 4.69) is 12.2 Å². The summed E-state index contributed by atoms with van der Waals surface area (Å²) in [5, 5.41) is 2.70. The number of amides is 1. The maximum Gasteiger partial charge on any atom is 0.237 e. The van der Waals surface area contributed by atoms with Crippen molar-refractivity contribution in [3.63, 3.8) is 0 Å². The number of ketones is 1. The van der Waals surface area contributed by atoms with E-state index in [1.165, 1.54) is 4.88 Å². The highest BCUT2D eigenvalue weighted by Crippen LogP contribution is 2.21. The molecule has 0 aliphatic carbocycles. The van der Waals surface area contributed by atoms with Crippen LogP contribution in [0.2, 0.25) is 0 Å². The summed E-state index contributed by atoms with van der Waals surface area (Å²) in [7, 11) is 1.66. The van der Waals surface area contributed by atoms with Gasteiger partial charge in [-0.3, -0.25) is 14.5 Å². The Hall–Kier alpha value is -1.20. The highest BCUT2D eigenvalue weighted by Gasteiger charge is 2.29. The van der Waals surface area contributed by atoms with Crippen LogP contribution in [0.3, 0.4) is 0 Å². The molecule has 1 atom stereocenters. The zero-order valence-electron chi connectivity index (χ0n) is 12.1. The number of aryl methyl sites for hydroxylation is 1. The second kappa shape index (κ2) is 6.99. The Bertz CT molecular complexity index is 484. The van der Waals surface area contributed by atoms with Crippen molar-refractivity contribution in [2.75, 3.05) is 20.1 Å². The number of nitrogens with one attached hydrogen (secondary N) is 1. The van der Waals surface area contributed by atoms with Crippen LogP contribution in [0.5, 0.6) is 0 Å². The van der Waals surface area contributed by atoms with Crippen molar-refractivity contribution >= 4 is 23.0 Å². The van der Waals surface area contributed by atoms with Crippen LogP contribution in [0.1, 0.15) is 40.7 Å². The monoisotopic (exact) mass is 294 g/mol. The summed E-state index contributed by atoms with van der Waals surface area (Å²) < 4.78 is 0. The Morgan fingerprint density at radius 3 is 2.85 bits per heavy atom. The van der Waals surface area contributed by atoms with Crippen molar-refractivity contribution in [2.24, 2.45) is 0 Å². The summed E-state index contributed by atoms with van der Waals surface area (Å²) in [6, 6.07) is 3.78. The van der Waals surface area contributed by atoms with Gasteiger partial charge < -0.3 is 5.32 Å². The summed E-state index contributed by atoms with van der Waals surface area (Å²) in [4.78, 5) is 28.3. The van der Waals surface area contributed by atoms with Gasteiger partial charge in [0.1, 0.15) is 0 Å². The molecule has 0 bridgehead atoms. The number of Topliss-reactive ketones (excluding diaryl/α,β-unsaturated/α-hetero) is 1. The van der Waals surface area contributed by atoms with Gasteiger partial charge >= 0.3 is 0 Å². The van der Waals surface area contributed by atoms with Crippen LogP contribution in [0.4, 0.5) is 0 Å². The molecule has 5 heteroatoms. The van der Waals surface area contributed by atoms with Gasteiger partial charge in [0.05, 0.1) is 17.5 Å². The first-order valence-corrected chi connectivity index (χ1v) is 8.05. The summed E-state index contributed by atoms with van der Waals surface area (Å²) in [5.41, 5.74) is 0. The van der Waals surface area contributed by atoms with Gasteiger partial charge in [-0.15, -0.1) is 11.3 Å². The molecule has 1 aliphatic heterocycles. The van der Waals surface area contributed by atoms with Gasteiger partial charge in [-0.05, 0) is 37.9 Å². The van der Waals surface area contributed by atoms with Crippen molar-refractivity contribution in [2.45, 2.75) is 38.6 Å². The van der Waals surface area contributed by atoms with E-state index in [1.807, 2.05) is 17.0 Å². The largest absolute Gasteiger partial charge is 0.358 e. The fourth-order valence-corrected chi connectivity index (χ4v) is 3.50. The number of piperidine rings is 1. The van der Waals surface area contributed by atoms with Gasteiger partial charge in [0, 0.05) is 11.9 Å². The molecule has 0 radical (unpaired) electrons. The molecule has 2 heterocycles. The van der Waals surface area contributed by atoms with E-state index in [-0.39, 0.29) is 17.7 Å². The number of hydrogen-bond donors (Lipinski definition) is 1. The van der Waals surface area contributed by atoms with E-state index >= 15 is 0 Å². The Morgan fingerprint density at radius 1 is 1.40 bits per heavy atom. The van der Waals surface area contributed by atoms with E-state index in [9.17, 15) is 9.59 Å². The predicted molar refractivity (Wildman–Crippen MR) is 81.3 cm³/mol. The normalized spacial score (nSPS) is 19.8. The molecular formula is C15H22N2O2S. The molecule has 2 rings (SSSR count). The second-order valence-electron chi connectivity index (χ2n) is 5.14. The zero-order chi connectivity index (χ0) is 14.5. The minimum atomic E-state index is -0.150. The van der Waals surface area contributed by atoms with Crippen LogP contribution in [0, 0.1) is 0 Å². The van der Waals surface area contributed by atoms with Crippen LogP contribution < -0.4 is 5.32 Å². The molecule has 1 aromatic heterocycles. The number of nitrogens with zero attached hydrogens (tertiary/aromatic N) is 1. The van der Waals surface area contributed by atoms with E-state index in [4.69, 9.17) is 0 Å². The number of carbonyl (C=O) groups is 2. The SMILES string of the molecule is CCc1ccc(C(=O)CN2CCCCC2C(=O)NC)s1. The van der Waals surface area contributed by atoms with Crippen molar-refractivity contribution < 1.29 is 9.59 Å². The lowest BCUT2D eigenvalue weighted by molar-refractivity contribution is -0.126. The molecule has 1 unspecified atom stereocenters. The number of rotatable bonds is 5. The molecule has 110 valence electrons. The average Bonchev–Trinajstić information content (AvgIpc) is 2.96. The van der Waals surface area contributed by atoms with Crippen LogP contribution in [-0.4, -0.2) is 42.8 Å². The van der Waals surface area contributed by atoms with Gasteiger partial charge in [-0.1, -0.05) is 13.3 Å². The number of likely N-dealkylation sites (N-methyl/N-ethyl adjacent to an activating group) is 1. The molecule has 0 aromatic carbocycles. The highest BCUT2D eigenvalue weighted by molar-refractivity contribution is 7.14. The Morgan fingerprint density at radius 2 is 2.20 bits per heavy atom. The number of hydrogen-bond acceptors (Lipinski definition) is 4. The summed E-state index contributed by atoms with van der Waals surface area (Å²) in [6.45, 7) is 3.27. The lowest BCUT2D eigenvalue weighted by Gasteiger charge is -2.33. The third-order valence-corrected chi connectivity index (χ3v) is 5.06. The lowest BCUT2D eigenvalue weighted by Crippen LogP contribution is -2.50. The first-order valence-electron chi connectivity index (χ1n) is 7.23. The maximum atomic E-state index is 12.3. The average molecular weight is 294 g/mol. The Kier molecular flexibility index (Phi) is 5.31. The molecule has 1 N–H and O–H groups in total. The maximum absolute atomic E-state index is 12.3. The molecule has 1 fully saturated rings. The molecule has 1 saturated heterocycles. The zero-order valence-corrected chi connectivity index (χ0v) is 13.0. The van der Waals surface area contributed by atoms with Crippen molar-refractivity contribution in [3.8, 4) is 0 Å². The van der Waals surface area contributed by atoms with Crippen LogP contribution in [0.15, 0.2) is 12.1 Å². The number of carbonyl (C=O) groups excluding carboxylic acids is 2. The summed E-state index contributed by atoms with van der Waals surface area (Å²) >= 11 is 1.57. The molecule has 4 nitrogen and oxygen atoms in total. The van der Waals surface area contributed by atoms with E-state index in [0.717, 1.165) is 37.1 Å². The molecule has 1 aromatic rings. The number of likely N-dealkylation sites (tertiary alicyclic amines) is 1. The summed E-state index contributed by atoms with van der Waals surface area (Å²) in [6.07, 6.45) is 3.92. The third-order valence-electron chi connectivity index (χ3n) is 3.79. The predicted octanol–water partition coefficient (Wildman–Crippen LogP) is 2.09. The molecule has 0 saturated carbocycles. The van der Waals surface area contributed by atoms with Gasteiger partial charge in [0.2, 0.25) is 5.91 Å². The molecule has 20 heavy (non-hydrogen) atoms. The van der Waals surface area contributed by atoms with E-state index in [1.54, 1.807) is 18.4 Å². The Labute approximate surface area is 124 Å². The lowest BCUT2D eigenvalue weighted by atomic mass is 10.0. The molecule has 1 aliphatic rings. The first-order chi connectivity index (χ1) is 9.65. The van der Waals surface area contributed by atoms with Crippen LogP contribution >= 0.6 is 11.3 Å². The van der Waals surface area contributed by atoms with Crippen LogP contribution in [0.25, 0.3) is 0 Å². The third kappa shape index (κ3) is 3.46. The van der Waals surface area contributed by atoms with Crippen molar-refractivity contribution in [3.05, 3.63) is 21.9 Å². The van der Waals surface area contributed by atoms with Crippen molar-refractivity contribution in [1.82, 2.24) is 10.2 Å². The molecular weight excluding hydrogens is 272 g/mol. The van der Waals surface area contributed by atoms with E-state index in [0.29, 0.717) is 6.54 Å². The Balaban J connectivity index is 2.02. The molecule has 0 spiro atoms. The van der Waals surface area contributed by atoms with E-state index < -0.39 is 0 Å². The fourth-order valence-electron chi connectivity index (χ4n) is 2.62. The number of thiophene rings is 1. The topological polar surface area (TPSA) is 49.4 Å². The standard InChI is InChI=1S/C15H22N2O2S/c1-3-11-7-8-14(20-11)13(18)10-17-9-5-4-6-12(17)15(19)16-2/h7-8,12H,3-6,9-10H2,1-2H3,(H,16,19). The highest BCUT2D eigenvalue weighted by atomic mass is 32.1. The summed E-state index contributed by atoms with van der Waals surface area (Å²) in [5.74, 6) is 0.156. The van der Waals surface area contributed by atoms with Gasteiger partial charge in [-0.2, -0.15) is 0 Å². The minimum Gasteiger partial charge on any atom is -0.358 e. The van der Waals surface area contributed by atoms with Crippen molar-refractivity contribution in [1.29, 1.82) is 0 Å². The van der Waals surface area contributed by atoms with Gasteiger partial charge in [-0.25, -0.2) is 0 Å². The van der Waals surface area contributed by atoms with Crippen LogP contribution in [-0.2, 0) is 11.2 Å². The second-order valence-corrected chi connectivity index (χ2v) is 6.31. The molecule has 1 amide bonds. The quantitative estimate of drug-likeness (QED) is 0.846. The first kappa shape index (κ1) is 15.2.